The van der Waals surface area contributed by atoms with E-state index in [1.807, 2.05) is 30.3 Å². The minimum Gasteiger partial charge on any atom is -0.497 e. The highest BCUT2D eigenvalue weighted by Gasteiger charge is 2.24. The predicted octanol–water partition coefficient (Wildman–Crippen LogP) is 3.62. The van der Waals surface area contributed by atoms with Gasteiger partial charge in [-0.2, -0.15) is 0 Å². The van der Waals surface area contributed by atoms with Gasteiger partial charge in [-0.05, 0) is 36.0 Å². The molecule has 1 atom stereocenters. The van der Waals surface area contributed by atoms with Gasteiger partial charge in [0.1, 0.15) is 5.75 Å². The van der Waals surface area contributed by atoms with Crippen LogP contribution in [-0.4, -0.2) is 18.2 Å². The molecule has 0 unspecified atom stereocenters. The van der Waals surface area contributed by atoms with Crippen LogP contribution in [0.4, 0.5) is 0 Å². The lowest BCUT2D eigenvalue weighted by Crippen LogP contribution is -2.16. The molecule has 0 saturated carbocycles. The Hall–Kier alpha value is -2.27. The van der Waals surface area contributed by atoms with Crippen LogP contribution in [0.15, 0.2) is 59.5 Å². The standard InChI is InChI=1S/C17H16O4S/c1-12(18)21-16(13-8-10-14(20-2)11-9-13)17(19)22-15-6-4-3-5-7-15/h3-11,16H,1-2H3/t16-/m0/s1. The molecule has 2 rings (SSSR count). The van der Waals surface area contributed by atoms with E-state index in [1.165, 1.54) is 6.92 Å². The largest absolute Gasteiger partial charge is 0.497 e. The van der Waals surface area contributed by atoms with Crippen LogP contribution in [0.3, 0.4) is 0 Å². The SMILES string of the molecule is COc1ccc([C@H](OC(C)=O)C(=O)Sc2ccccc2)cc1. The van der Waals surface area contributed by atoms with Crippen molar-refractivity contribution in [1.82, 2.24) is 0 Å². The molecule has 0 heterocycles. The molecular formula is C17H16O4S. The van der Waals surface area contributed by atoms with Crippen molar-refractivity contribution >= 4 is 22.8 Å². The predicted molar refractivity (Wildman–Crippen MR) is 84.8 cm³/mol. The average Bonchev–Trinajstić information content (AvgIpc) is 2.53. The summed E-state index contributed by atoms with van der Waals surface area (Å²) in [5, 5.41) is -0.244. The second-order valence-corrected chi connectivity index (χ2v) is 5.57. The van der Waals surface area contributed by atoms with Crippen molar-refractivity contribution in [2.75, 3.05) is 7.11 Å². The summed E-state index contributed by atoms with van der Waals surface area (Å²) < 4.78 is 10.3. The first kappa shape index (κ1) is 16.1. The number of rotatable bonds is 5. The molecule has 0 N–H and O–H groups in total. The van der Waals surface area contributed by atoms with Crippen LogP contribution in [0.1, 0.15) is 18.6 Å². The zero-order chi connectivity index (χ0) is 15.9. The van der Waals surface area contributed by atoms with Crippen molar-refractivity contribution in [3.63, 3.8) is 0 Å². The summed E-state index contributed by atoms with van der Waals surface area (Å²) in [7, 11) is 1.56. The topological polar surface area (TPSA) is 52.6 Å². The van der Waals surface area contributed by atoms with Crippen molar-refractivity contribution in [2.45, 2.75) is 17.9 Å². The highest BCUT2D eigenvalue weighted by atomic mass is 32.2. The first-order valence-electron chi connectivity index (χ1n) is 6.68. The number of hydrogen-bond acceptors (Lipinski definition) is 5. The Morgan fingerprint density at radius 2 is 1.64 bits per heavy atom. The molecule has 4 nitrogen and oxygen atoms in total. The molecule has 0 saturated heterocycles. The molecule has 0 spiro atoms. The van der Waals surface area contributed by atoms with Gasteiger partial charge in [0.05, 0.1) is 7.11 Å². The molecule has 0 aliphatic heterocycles. The lowest BCUT2D eigenvalue weighted by molar-refractivity contribution is -0.150. The Morgan fingerprint density at radius 3 is 2.18 bits per heavy atom. The Labute approximate surface area is 133 Å². The highest BCUT2D eigenvalue weighted by molar-refractivity contribution is 8.13. The second kappa shape index (κ2) is 7.66. The third-order valence-corrected chi connectivity index (χ3v) is 3.80. The molecule has 0 bridgehead atoms. The summed E-state index contributed by atoms with van der Waals surface area (Å²) in [6.45, 7) is 1.29. The molecule has 0 amide bonds. The van der Waals surface area contributed by atoms with E-state index in [0.29, 0.717) is 11.3 Å². The van der Waals surface area contributed by atoms with Crippen LogP contribution in [0.25, 0.3) is 0 Å². The van der Waals surface area contributed by atoms with E-state index in [0.717, 1.165) is 16.7 Å². The van der Waals surface area contributed by atoms with E-state index < -0.39 is 12.1 Å². The Morgan fingerprint density at radius 1 is 1.00 bits per heavy atom. The highest BCUT2D eigenvalue weighted by Crippen LogP contribution is 2.30. The lowest BCUT2D eigenvalue weighted by atomic mass is 10.1. The van der Waals surface area contributed by atoms with Gasteiger partial charge in [0, 0.05) is 17.4 Å². The van der Waals surface area contributed by atoms with Gasteiger partial charge in [0.15, 0.2) is 6.10 Å². The minimum absolute atomic E-state index is 0.244. The first-order chi connectivity index (χ1) is 10.6. The molecule has 2 aromatic carbocycles. The molecule has 0 fully saturated rings. The number of methoxy groups -OCH3 is 1. The van der Waals surface area contributed by atoms with Gasteiger partial charge in [0.25, 0.3) is 0 Å². The fourth-order valence-corrected chi connectivity index (χ4v) is 2.67. The lowest BCUT2D eigenvalue weighted by Gasteiger charge is -2.16. The summed E-state index contributed by atoms with van der Waals surface area (Å²) in [5.41, 5.74) is 0.615. The normalized spacial score (nSPS) is 11.5. The maximum Gasteiger partial charge on any atom is 0.303 e. The van der Waals surface area contributed by atoms with Gasteiger partial charge < -0.3 is 9.47 Å². The van der Waals surface area contributed by atoms with E-state index in [-0.39, 0.29) is 5.12 Å². The summed E-state index contributed by atoms with van der Waals surface area (Å²) in [4.78, 5) is 24.6. The Bertz CT molecular complexity index is 637. The molecule has 5 heteroatoms. The molecule has 0 aliphatic rings. The van der Waals surface area contributed by atoms with Crippen molar-refractivity contribution in [3.05, 3.63) is 60.2 Å². The van der Waals surface area contributed by atoms with Crippen molar-refractivity contribution in [2.24, 2.45) is 0 Å². The summed E-state index contributed by atoms with van der Waals surface area (Å²) in [6, 6.07) is 16.1. The average molecular weight is 316 g/mol. The number of esters is 1. The quantitative estimate of drug-likeness (QED) is 0.623. The molecular weight excluding hydrogens is 300 g/mol. The van der Waals surface area contributed by atoms with E-state index in [1.54, 1.807) is 31.4 Å². The van der Waals surface area contributed by atoms with Crippen LogP contribution in [0, 0.1) is 0 Å². The van der Waals surface area contributed by atoms with Crippen molar-refractivity contribution in [3.8, 4) is 5.75 Å². The molecule has 0 aliphatic carbocycles. The molecule has 0 radical (unpaired) electrons. The Balaban J connectivity index is 2.20. The Kier molecular flexibility index (Phi) is 5.61. The van der Waals surface area contributed by atoms with Gasteiger partial charge in [-0.25, -0.2) is 0 Å². The van der Waals surface area contributed by atoms with Gasteiger partial charge in [0.2, 0.25) is 5.12 Å². The van der Waals surface area contributed by atoms with E-state index in [4.69, 9.17) is 9.47 Å². The summed E-state index contributed by atoms with van der Waals surface area (Å²) in [6.07, 6.45) is -0.936. The maximum absolute atomic E-state index is 12.5. The van der Waals surface area contributed by atoms with Crippen LogP contribution in [0.2, 0.25) is 0 Å². The number of carbonyl (C=O) groups is 2. The fourth-order valence-electron chi connectivity index (χ4n) is 1.86. The third kappa shape index (κ3) is 4.36. The third-order valence-electron chi connectivity index (χ3n) is 2.88. The molecule has 22 heavy (non-hydrogen) atoms. The van der Waals surface area contributed by atoms with E-state index in [2.05, 4.69) is 0 Å². The van der Waals surface area contributed by atoms with E-state index in [9.17, 15) is 9.59 Å². The summed E-state index contributed by atoms with van der Waals surface area (Å²) in [5.74, 6) is 0.177. The van der Waals surface area contributed by atoms with Crippen molar-refractivity contribution < 1.29 is 19.1 Å². The zero-order valence-electron chi connectivity index (χ0n) is 12.3. The minimum atomic E-state index is -0.936. The first-order valence-corrected chi connectivity index (χ1v) is 7.49. The van der Waals surface area contributed by atoms with Gasteiger partial charge >= 0.3 is 5.97 Å². The number of benzene rings is 2. The summed E-state index contributed by atoms with van der Waals surface area (Å²) >= 11 is 1.05. The van der Waals surface area contributed by atoms with Gasteiger partial charge in [-0.1, -0.05) is 30.3 Å². The van der Waals surface area contributed by atoms with Crippen LogP contribution in [-0.2, 0) is 14.3 Å². The molecule has 0 aromatic heterocycles. The van der Waals surface area contributed by atoms with E-state index >= 15 is 0 Å². The van der Waals surface area contributed by atoms with Crippen molar-refractivity contribution in [1.29, 1.82) is 0 Å². The number of carbonyl (C=O) groups excluding carboxylic acids is 2. The van der Waals surface area contributed by atoms with Crippen LogP contribution >= 0.6 is 11.8 Å². The monoisotopic (exact) mass is 316 g/mol. The maximum atomic E-state index is 12.5. The smallest absolute Gasteiger partial charge is 0.303 e. The van der Waals surface area contributed by atoms with Gasteiger partial charge in [-0.15, -0.1) is 0 Å². The molecule has 2 aromatic rings. The van der Waals surface area contributed by atoms with Crippen LogP contribution < -0.4 is 4.74 Å². The number of hydrogen-bond donors (Lipinski definition) is 0. The number of ether oxygens (including phenoxy) is 2. The second-order valence-electron chi connectivity index (χ2n) is 4.50. The fraction of sp³-hybridized carbons (Fsp3) is 0.176. The zero-order valence-corrected chi connectivity index (χ0v) is 13.1. The van der Waals surface area contributed by atoms with Crippen LogP contribution in [0.5, 0.6) is 5.75 Å². The van der Waals surface area contributed by atoms with Gasteiger partial charge in [-0.3, -0.25) is 9.59 Å². The number of thioether (sulfide) groups is 1. The molecule has 114 valence electrons.